The Bertz CT molecular complexity index is 1240. The van der Waals surface area contributed by atoms with Crippen LogP contribution in [0.2, 0.25) is 0 Å². The van der Waals surface area contributed by atoms with E-state index in [0.29, 0.717) is 17.0 Å². The van der Waals surface area contributed by atoms with Crippen molar-refractivity contribution < 1.29 is 13.2 Å². The fraction of sp³-hybridized carbons (Fsp3) is 0.136. The molecular weight excluding hydrogens is 414 g/mol. The summed E-state index contributed by atoms with van der Waals surface area (Å²) < 4.78 is 31.3. The lowest BCUT2D eigenvalue weighted by Gasteiger charge is -2.15. The van der Waals surface area contributed by atoms with Gasteiger partial charge in [-0.15, -0.1) is 5.10 Å². The van der Waals surface area contributed by atoms with Crippen molar-refractivity contribution in [3.63, 3.8) is 0 Å². The van der Waals surface area contributed by atoms with E-state index in [1.807, 2.05) is 30.3 Å². The van der Waals surface area contributed by atoms with Crippen LogP contribution in [0.1, 0.15) is 25.1 Å². The van der Waals surface area contributed by atoms with Gasteiger partial charge in [0.2, 0.25) is 0 Å². The second-order valence-electron chi connectivity index (χ2n) is 6.90. The lowest BCUT2D eigenvalue weighted by Crippen LogP contribution is -2.17. The minimum absolute atomic E-state index is 0.0259. The summed E-state index contributed by atoms with van der Waals surface area (Å²) in [6, 6.07) is 15.7. The maximum atomic E-state index is 12.8. The minimum atomic E-state index is -3.56. The standard InChI is InChI=1S/C22H23N5O3S/c1-14(2)31(28,29)19-12-8-7-11-17(19)18-13-25-21(23)20(26-18)22(27-24)30-15(3)16-9-5-4-6-10-16/h4-14H,3,24H2,1-2H3,(H2,23,25)/b27-22-. The second kappa shape index (κ2) is 8.97. The Morgan fingerprint density at radius 2 is 1.74 bits per heavy atom. The highest BCUT2D eigenvalue weighted by Crippen LogP contribution is 2.29. The molecule has 0 fully saturated rings. The fourth-order valence-corrected chi connectivity index (χ4v) is 4.06. The molecule has 0 amide bonds. The predicted molar refractivity (Wildman–Crippen MR) is 121 cm³/mol. The van der Waals surface area contributed by atoms with E-state index in [4.69, 9.17) is 16.3 Å². The van der Waals surface area contributed by atoms with Crippen LogP contribution in [-0.2, 0) is 14.6 Å². The molecule has 31 heavy (non-hydrogen) atoms. The average Bonchev–Trinajstić information content (AvgIpc) is 2.78. The van der Waals surface area contributed by atoms with Crippen molar-refractivity contribution in [1.82, 2.24) is 9.97 Å². The molecule has 0 bridgehead atoms. The summed E-state index contributed by atoms with van der Waals surface area (Å²) in [6.07, 6.45) is 1.40. The van der Waals surface area contributed by atoms with Crippen LogP contribution in [0.5, 0.6) is 0 Å². The quantitative estimate of drug-likeness (QED) is 0.199. The molecule has 0 saturated heterocycles. The minimum Gasteiger partial charge on any atom is -0.436 e. The lowest BCUT2D eigenvalue weighted by atomic mass is 10.1. The van der Waals surface area contributed by atoms with E-state index in [9.17, 15) is 8.42 Å². The number of sulfone groups is 1. The first-order chi connectivity index (χ1) is 14.8. The Kier molecular flexibility index (Phi) is 6.36. The Morgan fingerprint density at radius 3 is 2.39 bits per heavy atom. The maximum absolute atomic E-state index is 12.8. The van der Waals surface area contributed by atoms with E-state index in [-0.39, 0.29) is 22.3 Å². The maximum Gasteiger partial charge on any atom is 0.265 e. The van der Waals surface area contributed by atoms with Gasteiger partial charge in [-0.3, -0.25) is 0 Å². The third-order valence-corrected chi connectivity index (χ3v) is 6.74. The summed E-state index contributed by atoms with van der Waals surface area (Å²) in [5.74, 6) is 5.75. The molecule has 0 aliphatic carbocycles. The number of nitrogens with two attached hydrogens (primary N) is 2. The Morgan fingerprint density at radius 1 is 1.10 bits per heavy atom. The van der Waals surface area contributed by atoms with Crippen LogP contribution in [0, 0.1) is 0 Å². The number of nitrogen functional groups attached to an aromatic ring is 1. The Balaban J connectivity index is 2.05. The van der Waals surface area contributed by atoms with Gasteiger partial charge in [0.15, 0.2) is 21.3 Å². The van der Waals surface area contributed by atoms with E-state index in [1.54, 1.807) is 32.0 Å². The summed E-state index contributed by atoms with van der Waals surface area (Å²) in [7, 11) is -3.56. The summed E-state index contributed by atoms with van der Waals surface area (Å²) in [6.45, 7) is 7.13. The van der Waals surface area contributed by atoms with Crippen LogP contribution in [0.4, 0.5) is 5.82 Å². The molecule has 0 atom stereocenters. The van der Waals surface area contributed by atoms with Crippen LogP contribution in [0.3, 0.4) is 0 Å². The highest BCUT2D eigenvalue weighted by Gasteiger charge is 2.25. The largest absolute Gasteiger partial charge is 0.436 e. The number of rotatable bonds is 6. The molecule has 0 saturated carbocycles. The van der Waals surface area contributed by atoms with Crippen LogP contribution in [-0.4, -0.2) is 29.5 Å². The van der Waals surface area contributed by atoms with Gasteiger partial charge < -0.3 is 16.3 Å². The van der Waals surface area contributed by atoms with Gasteiger partial charge in [-0.2, -0.15) is 0 Å². The summed E-state index contributed by atoms with van der Waals surface area (Å²) in [5.41, 5.74) is 7.47. The first-order valence-electron chi connectivity index (χ1n) is 9.42. The molecule has 1 aromatic heterocycles. The van der Waals surface area contributed by atoms with Gasteiger partial charge in [-0.25, -0.2) is 18.4 Å². The van der Waals surface area contributed by atoms with Crippen molar-refractivity contribution in [3.8, 4) is 11.3 Å². The van der Waals surface area contributed by atoms with E-state index < -0.39 is 15.1 Å². The zero-order valence-electron chi connectivity index (χ0n) is 17.2. The van der Waals surface area contributed by atoms with Crippen LogP contribution in [0.25, 0.3) is 17.0 Å². The van der Waals surface area contributed by atoms with Crippen LogP contribution in [0.15, 0.2) is 77.4 Å². The third-order valence-electron chi connectivity index (χ3n) is 4.53. The van der Waals surface area contributed by atoms with E-state index in [2.05, 4.69) is 21.6 Å². The zero-order chi connectivity index (χ0) is 22.6. The molecule has 2 aromatic carbocycles. The normalized spacial score (nSPS) is 12.0. The molecule has 0 spiro atoms. The lowest BCUT2D eigenvalue weighted by molar-refractivity contribution is 0.505. The highest BCUT2D eigenvalue weighted by atomic mass is 32.2. The van der Waals surface area contributed by atoms with E-state index in [0.717, 1.165) is 5.56 Å². The molecule has 1 heterocycles. The number of aromatic nitrogens is 2. The number of hydrogen-bond acceptors (Lipinski definition) is 8. The molecule has 8 nitrogen and oxygen atoms in total. The van der Waals surface area contributed by atoms with Crippen LogP contribution < -0.4 is 11.6 Å². The van der Waals surface area contributed by atoms with Gasteiger partial charge >= 0.3 is 0 Å². The number of ether oxygens (including phenoxy) is 1. The molecule has 160 valence electrons. The Hall–Kier alpha value is -3.72. The van der Waals surface area contributed by atoms with Crippen molar-refractivity contribution in [3.05, 3.63) is 78.6 Å². The average molecular weight is 438 g/mol. The second-order valence-corrected chi connectivity index (χ2v) is 9.38. The molecule has 0 aliphatic heterocycles. The van der Waals surface area contributed by atoms with Gasteiger partial charge in [-0.05, 0) is 19.9 Å². The summed E-state index contributed by atoms with van der Waals surface area (Å²) in [5, 5.41) is 3.05. The molecule has 0 radical (unpaired) electrons. The monoisotopic (exact) mass is 437 g/mol. The first-order valence-corrected chi connectivity index (χ1v) is 11.0. The molecule has 0 aliphatic rings. The third kappa shape index (κ3) is 4.56. The van der Waals surface area contributed by atoms with Crippen molar-refractivity contribution >= 4 is 27.3 Å². The van der Waals surface area contributed by atoms with Crippen molar-refractivity contribution in [2.75, 3.05) is 5.73 Å². The Labute approximate surface area is 181 Å². The summed E-state index contributed by atoms with van der Waals surface area (Å²) in [4.78, 5) is 8.76. The smallest absolute Gasteiger partial charge is 0.265 e. The van der Waals surface area contributed by atoms with E-state index in [1.165, 1.54) is 12.3 Å². The van der Waals surface area contributed by atoms with Crippen LogP contribution >= 0.6 is 0 Å². The highest BCUT2D eigenvalue weighted by molar-refractivity contribution is 7.92. The first kappa shape index (κ1) is 22.0. The summed E-state index contributed by atoms with van der Waals surface area (Å²) >= 11 is 0. The van der Waals surface area contributed by atoms with Gasteiger partial charge in [0, 0.05) is 11.1 Å². The van der Waals surface area contributed by atoms with E-state index >= 15 is 0 Å². The fourth-order valence-electron chi connectivity index (χ4n) is 2.80. The molecule has 3 rings (SSSR count). The predicted octanol–water partition coefficient (Wildman–Crippen LogP) is 3.22. The number of nitrogens with zero attached hydrogens (tertiary/aromatic N) is 3. The molecule has 3 aromatic rings. The van der Waals surface area contributed by atoms with Gasteiger partial charge in [-0.1, -0.05) is 55.1 Å². The van der Waals surface area contributed by atoms with Crippen molar-refractivity contribution in [2.45, 2.75) is 24.0 Å². The molecule has 0 unspecified atom stereocenters. The van der Waals surface area contributed by atoms with Gasteiger partial charge in [0.05, 0.1) is 22.0 Å². The number of benzene rings is 2. The van der Waals surface area contributed by atoms with Crippen molar-refractivity contribution in [1.29, 1.82) is 0 Å². The number of hydrogen-bond donors (Lipinski definition) is 2. The SMILES string of the molecule is C=C(O/C(=N\N)c1nc(-c2ccccc2S(=O)(=O)C(C)C)cnc1N)c1ccccc1. The molecular formula is C22H23N5O3S. The molecule has 9 heteroatoms. The topological polar surface area (TPSA) is 134 Å². The zero-order valence-corrected chi connectivity index (χ0v) is 18.0. The molecule has 4 N–H and O–H groups in total. The number of hydrazone groups is 1. The van der Waals surface area contributed by atoms with Crippen molar-refractivity contribution in [2.24, 2.45) is 10.9 Å². The van der Waals surface area contributed by atoms with Gasteiger partial charge in [0.25, 0.3) is 5.90 Å². The number of anilines is 1. The van der Waals surface area contributed by atoms with Gasteiger partial charge in [0.1, 0.15) is 5.76 Å².